The molecule has 2 aromatic carbocycles. The van der Waals surface area contributed by atoms with Crippen LogP contribution in [0.2, 0.25) is 0 Å². The SMILES string of the molecule is O=C(Cc1cccc(F)c1)NC1CCN(C(=O)c2ccccc2C(=O)O)CC1. The van der Waals surface area contributed by atoms with Gasteiger partial charge in [0, 0.05) is 19.1 Å². The third-order valence-electron chi connectivity index (χ3n) is 4.79. The molecule has 1 aliphatic heterocycles. The highest BCUT2D eigenvalue weighted by Gasteiger charge is 2.26. The summed E-state index contributed by atoms with van der Waals surface area (Å²) in [5, 5.41) is 12.2. The van der Waals surface area contributed by atoms with Crippen LogP contribution in [-0.4, -0.2) is 46.9 Å². The lowest BCUT2D eigenvalue weighted by Gasteiger charge is -2.32. The van der Waals surface area contributed by atoms with Crippen molar-refractivity contribution in [3.05, 3.63) is 71.0 Å². The van der Waals surface area contributed by atoms with Gasteiger partial charge in [-0.3, -0.25) is 9.59 Å². The Hall–Kier alpha value is -3.22. The van der Waals surface area contributed by atoms with Crippen LogP contribution >= 0.6 is 0 Å². The number of benzene rings is 2. The van der Waals surface area contributed by atoms with E-state index in [1.165, 1.54) is 24.3 Å². The van der Waals surface area contributed by atoms with Gasteiger partial charge in [-0.1, -0.05) is 24.3 Å². The topological polar surface area (TPSA) is 86.7 Å². The highest BCUT2D eigenvalue weighted by molar-refractivity contribution is 6.04. The van der Waals surface area contributed by atoms with E-state index < -0.39 is 5.97 Å². The maximum Gasteiger partial charge on any atom is 0.336 e. The fourth-order valence-corrected chi connectivity index (χ4v) is 3.36. The molecule has 0 spiro atoms. The van der Waals surface area contributed by atoms with Gasteiger partial charge < -0.3 is 15.3 Å². The van der Waals surface area contributed by atoms with Crippen molar-refractivity contribution in [2.24, 2.45) is 0 Å². The van der Waals surface area contributed by atoms with Gasteiger partial charge in [0.15, 0.2) is 0 Å². The predicted octanol–water partition coefficient (Wildman–Crippen LogP) is 2.49. The van der Waals surface area contributed by atoms with Crippen LogP contribution in [0.25, 0.3) is 0 Å². The van der Waals surface area contributed by atoms with Crippen LogP contribution in [0.4, 0.5) is 4.39 Å². The number of nitrogens with zero attached hydrogens (tertiary/aromatic N) is 1. The van der Waals surface area contributed by atoms with Crippen molar-refractivity contribution in [1.29, 1.82) is 0 Å². The largest absolute Gasteiger partial charge is 0.478 e. The molecule has 1 saturated heterocycles. The summed E-state index contributed by atoms with van der Waals surface area (Å²) in [5.74, 6) is -2.02. The van der Waals surface area contributed by atoms with Crippen molar-refractivity contribution in [1.82, 2.24) is 10.2 Å². The summed E-state index contributed by atoms with van der Waals surface area (Å²) in [5.41, 5.74) is 0.761. The summed E-state index contributed by atoms with van der Waals surface area (Å²) in [7, 11) is 0. The Kier molecular flexibility index (Phi) is 6.03. The Bertz CT molecular complexity index is 891. The number of rotatable bonds is 5. The minimum Gasteiger partial charge on any atom is -0.478 e. The first-order chi connectivity index (χ1) is 13.4. The number of hydrogen-bond donors (Lipinski definition) is 2. The predicted molar refractivity (Wildman–Crippen MR) is 101 cm³/mol. The standard InChI is InChI=1S/C21H21FN2O4/c22-15-5-3-4-14(12-15)13-19(25)23-16-8-10-24(11-9-16)20(26)17-6-1-2-7-18(17)21(27)28/h1-7,12,16H,8-11,13H2,(H,23,25)(H,27,28). The van der Waals surface area contributed by atoms with Crippen molar-refractivity contribution in [3.63, 3.8) is 0 Å². The van der Waals surface area contributed by atoms with Crippen LogP contribution in [0.5, 0.6) is 0 Å². The summed E-state index contributed by atoms with van der Waals surface area (Å²) in [6.45, 7) is 0.857. The number of nitrogens with one attached hydrogen (secondary N) is 1. The van der Waals surface area contributed by atoms with Gasteiger partial charge in [-0.25, -0.2) is 9.18 Å². The number of piperidine rings is 1. The van der Waals surface area contributed by atoms with E-state index in [0.29, 0.717) is 31.5 Å². The lowest BCUT2D eigenvalue weighted by molar-refractivity contribution is -0.121. The first-order valence-electron chi connectivity index (χ1n) is 9.09. The van der Waals surface area contributed by atoms with Crippen LogP contribution in [0.15, 0.2) is 48.5 Å². The molecule has 6 nitrogen and oxygen atoms in total. The van der Waals surface area contributed by atoms with Crippen LogP contribution in [0.3, 0.4) is 0 Å². The lowest BCUT2D eigenvalue weighted by atomic mass is 10.0. The number of carboxylic acid groups (broad SMARTS) is 1. The summed E-state index contributed by atoms with van der Waals surface area (Å²) in [6.07, 6.45) is 1.26. The van der Waals surface area contributed by atoms with Gasteiger partial charge in [-0.05, 0) is 42.7 Å². The normalized spacial score (nSPS) is 14.5. The first kappa shape index (κ1) is 19.5. The summed E-state index contributed by atoms with van der Waals surface area (Å²) in [4.78, 5) is 37.8. The monoisotopic (exact) mass is 384 g/mol. The Balaban J connectivity index is 1.54. The fraction of sp³-hybridized carbons (Fsp3) is 0.286. The average molecular weight is 384 g/mol. The zero-order chi connectivity index (χ0) is 20.1. The molecule has 7 heteroatoms. The van der Waals surface area contributed by atoms with Gasteiger partial charge in [-0.2, -0.15) is 0 Å². The summed E-state index contributed by atoms with van der Waals surface area (Å²) < 4.78 is 13.2. The molecule has 0 aromatic heterocycles. The van der Waals surface area contributed by atoms with E-state index in [0.717, 1.165) is 0 Å². The number of aromatic carboxylic acids is 1. The zero-order valence-electron chi connectivity index (χ0n) is 15.2. The second-order valence-corrected chi connectivity index (χ2v) is 6.79. The molecule has 0 saturated carbocycles. The Labute approximate surface area is 162 Å². The second kappa shape index (κ2) is 8.65. The molecule has 1 aliphatic rings. The molecule has 2 aromatic rings. The first-order valence-corrected chi connectivity index (χ1v) is 9.09. The van der Waals surface area contributed by atoms with Crippen LogP contribution in [-0.2, 0) is 11.2 Å². The molecule has 0 radical (unpaired) electrons. The summed E-state index contributed by atoms with van der Waals surface area (Å²) in [6, 6.07) is 12.0. The molecule has 2 N–H and O–H groups in total. The number of carboxylic acids is 1. The van der Waals surface area contributed by atoms with Gasteiger partial charge in [-0.15, -0.1) is 0 Å². The Morgan fingerprint density at radius 1 is 1.04 bits per heavy atom. The molecular weight excluding hydrogens is 363 g/mol. The van der Waals surface area contributed by atoms with E-state index in [-0.39, 0.29) is 41.2 Å². The third kappa shape index (κ3) is 4.73. The molecule has 1 fully saturated rings. The molecule has 2 amide bonds. The smallest absolute Gasteiger partial charge is 0.336 e. The van der Waals surface area contributed by atoms with Crippen LogP contribution in [0, 0.1) is 5.82 Å². The molecular formula is C21H21FN2O4. The van der Waals surface area contributed by atoms with E-state index in [1.807, 2.05) is 0 Å². The van der Waals surface area contributed by atoms with E-state index in [9.17, 15) is 23.9 Å². The fourth-order valence-electron chi connectivity index (χ4n) is 3.36. The molecule has 0 atom stereocenters. The van der Waals surface area contributed by atoms with Crippen molar-refractivity contribution < 1.29 is 23.9 Å². The van der Waals surface area contributed by atoms with Crippen LogP contribution in [0.1, 0.15) is 39.1 Å². The van der Waals surface area contributed by atoms with E-state index in [1.54, 1.807) is 29.2 Å². The molecule has 0 bridgehead atoms. The zero-order valence-corrected chi connectivity index (χ0v) is 15.2. The number of halogens is 1. The minimum absolute atomic E-state index is 0.0157. The quantitative estimate of drug-likeness (QED) is 0.829. The minimum atomic E-state index is -1.14. The van der Waals surface area contributed by atoms with Crippen molar-refractivity contribution >= 4 is 17.8 Å². The van der Waals surface area contributed by atoms with Crippen molar-refractivity contribution in [2.45, 2.75) is 25.3 Å². The maximum atomic E-state index is 13.2. The number of carbonyl (C=O) groups excluding carboxylic acids is 2. The van der Waals surface area contributed by atoms with Gasteiger partial charge in [0.1, 0.15) is 5.82 Å². The van der Waals surface area contributed by atoms with Crippen molar-refractivity contribution in [3.8, 4) is 0 Å². The Morgan fingerprint density at radius 3 is 2.36 bits per heavy atom. The third-order valence-corrected chi connectivity index (χ3v) is 4.79. The van der Waals surface area contributed by atoms with Crippen molar-refractivity contribution in [2.75, 3.05) is 13.1 Å². The number of hydrogen-bond acceptors (Lipinski definition) is 3. The molecule has 0 aliphatic carbocycles. The molecule has 146 valence electrons. The van der Waals surface area contributed by atoms with E-state index >= 15 is 0 Å². The molecule has 1 heterocycles. The number of likely N-dealkylation sites (tertiary alicyclic amines) is 1. The van der Waals surface area contributed by atoms with Gasteiger partial charge in [0.25, 0.3) is 5.91 Å². The lowest BCUT2D eigenvalue weighted by Crippen LogP contribution is -2.47. The van der Waals surface area contributed by atoms with Gasteiger partial charge >= 0.3 is 5.97 Å². The molecule has 0 unspecified atom stereocenters. The molecule has 28 heavy (non-hydrogen) atoms. The number of carbonyl (C=O) groups is 3. The van der Waals surface area contributed by atoms with Gasteiger partial charge in [0.05, 0.1) is 17.5 Å². The maximum absolute atomic E-state index is 13.2. The van der Waals surface area contributed by atoms with E-state index in [4.69, 9.17) is 0 Å². The van der Waals surface area contributed by atoms with Crippen LogP contribution < -0.4 is 5.32 Å². The highest BCUT2D eigenvalue weighted by Crippen LogP contribution is 2.17. The Morgan fingerprint density at radius 2 is 1.71 bits per heavy atom. The highest BCUT2D eigenvalue weighted by atomic mass is 19.1. The van der Waals surface area contributed by atoms with E-state index in [2.05, 4.69) is 5.32 Å². The second-order valence-electron chi connectivity index (χ2n) is 6.79. The summed E-state index contributed by atoms with van der Waals surface area (Å²) >= 11 is 0. The van der Waals surface area contributed by atoms with Gasteiger partial charge in [0.2, 0.25) is 5.91 Å². The number of amides is 2. The average Bonchev–Trinajstić information content (AvgIpc) is 2.68. The molecule has 3 rings (SSSR count).